The molecule has 10 nitrogen and oxygen atoms in total. The molecule has 2 aromatic rings. The van der Waals surface area contributed by atoms with Crippen LogP contribution in [0.3, 0.4) is 0 Å². The van der Waals surface area contributed by atoms with E-state index in [-0.39, 0.29) is 5.91 Å². The first-order valence-corrected chi connectivity index (χ1v) is 9.55. The lowest BCUT2D eigenvalue weighted by Crippen LogP contribution is -2.60. The second kappa shape index (κ2) is 9.96. The summed E-state index contributed by atoms with van der Waals surface area (Å²) in [6.45, 7) is 3.74. The van der Waals surface area contributed by atoms with E-state index in [0.29, 0.717) is 57.5 Å². The lowest BCUT2D eigenvalue weighted by atomic mass is 10.0. The minimum Gasteiger partial charge on any atom is -0.475 e. The van der Waals surface area contributed by atoms with Gasteiger partial charge in [-0.05, 0) is 12.1 Å². The minimum atomic E-state index is -5.08. The van der Waals surface area contributed by atoms with Crippen LogP contribution in [-0.4, -0.2) is 89.6 Å². The molecular weight excluding hydrogens is 437 g/mol. The van der Waals surface area contributed by atoms with Gasteiger partial charge in [-0.3, -0.25) is 4.79 Å². The fourth-order valence-electron chi connectivity index (χ4n) is 3.30. The third kappa shape index (κ3) is 5.95. The maximum Gasteiger partial charge on any atom is 0.490 e. The van der Waals surface area contributed by atoms with Crippen molar-refractivity contribution in [2.45, 2.75) is 11.8 Å². The fraction of sp³-hybridized carbons (Fsp3) is 0.474. The van der Waals surface area contributed by atoms with E-state index < -0.39 is 17.7 Å². The molecule has 0 aliphatic carbocycles. The van der Waals surface area contributed by atoms with Crippen LogP contribution in [0.4, 0.5) is 19.1 Å². The van der Waals surface area contributed by atoms with Crippen molar-refractivity contribution in [3.8, 4) is 0 Å². The third-order valence-corrected chi connectivity index (χ3v) is 4.73. The van der Waals surface area contributed by atoms with E-state index in [0.717, 1.165) is 0 Å². The molecule has 1 spiro atoms. The van der Waals surface area contributed by atoms with Gasteiger partial charge in [0.25, 0.3) is 5.91 Å². The first kappa shape index (κ1) is 23.5. The maximum absolute atomic E-state index is 12.7. The molecule has 2 saturated heterocycles. The van der Waals surface area contributed by atoms with E-state index in [1.165, 1.54) is 12.5 Å². The van der Waals surface area contributed by atoms with Gasteiger partial charge in [-0.15, -0.1) is 0 Å². The number of halogens is 3. The van der Waals surface area contributed by atoms with E-state index >= 15 is 0 Å². The molecule has 4 heterocycles. The monoisotopic (exact) mass is 458 g/mol. The molecule has 1 amide bonds. The highest BCUT2D eigenvalue weighted by molar-refractivity contribution is 5.94. The molecular formula is C19H21F3N4O6. The molecule has 2 aromatic heterocycles. The normalized spacial score (nSPS) is 21.5. The number of aromatic nitrogens is 2. The molecule has 4 rings (SSSR count). The summed E-state index contributed by atoms with van der Waals surface area (Å²) >= 11 is 0. The summed E-state index contributed by atoms with van der Waals surface area (Å²) in [6.07, 6.45) is 1.33. The summed E-state index contributed by atoms with van der Waals surface area (Å²) in [5.74, 6) is -2.16. The molecule has 2 aliphatic heterocycles. The number of carbonyl (C=O) groups excluding carboxylic acids is 1. The van der Waals surface area contributed by atoms with Crippen LogP contribution in [0, 0.1) is 0 Å². The van der Waals surface area contributed by atoms with Crippen molar-refractivity contribution in [2.75, 3.05) is 50.9 Å². The number of hydrogen-bond donors (Lipinski definition) is 1. The Hall–Kier alpha value is -3.19. The van der Waals surface area contributed by atoms with Gasteiger partial charge in [0.05, 0.1) is 44.7 Å². The topological polar surface area (TPSA) is 118 Å². The quantitative estimate of drug-likeness (QED) is 0.713. The highest BCUT2D eigenvalue weighted by atomic mass is 19.4. The minimum absolute atomic E-state index is 0.0526. The number of carboxylic acid groups (broad SMARTS) is 1. The van der Waals surface area contributed by atoms with Crippen molar-refractivity contribution < 1.29 is 41.8 Å². The van der Waals surface area contributed by atoms with Gasteiger partial charge in [0, 0.05) is 25.5 Å². The van der Waals surface area contributed by atoms with Gasteiger partial charge in [-0.1, -0.05) is 0 Å². The van der Waals surface area contributed by atoms with Crippen LogP contribution in [0.25, 0.3) is 0 Å². The van der Waals surface area contributed by atoms with Gasteiger partial charge >= 0.3 is 12.1 Å². The zero-order valence-corrected chi connectivity index (χ0v) is 16.8. The Morgan fingerprint density at radius 1 is 1.12 bits per heavy atom. The van der Waals surface area contributed by atoms with Crippen LogP contribution < -0.4 is 4.90 Å². The summed E-state index contributed by atoms with van der Waals surface area (Å²) < 4.78 is 48.6. The zero-order valence-electron chi connectivity index (χ0n) is 16.8. The van der Waals surface area contributed by atoms with Crippen LogP contribution in [0.2, 0.25) is 0 Å². The van der Waals surface area contributed by atoms with Crippen molar-refractivity contribution in [3.63, 3.8) is 0 Å². The van der Waals surface area contributed by atoms with Gasteiger partial charge in [-0.25, -0.2) is 14.8 Å². The number of rotatable bonds is 2. The number of amides is 1. The highest BCUT2D eigenvalue weighted by Gasteiger charge is 2.42. The summed E-state index contributed by atoms with van der Waals surface area (Å²) in [6, 6.07) is 3.47. The number of aliphatic carboxylic acids is 1. The number of furan rings is 1. The smallest absolute Gasteiger partial charge is 0.475 e. The average molecular weight is 458 g/mol. The Morgan fingerprint density at radius 2 is 1.84 bits per heavy atom. The number of alkyl halides is 3. The summed E-state index contributed by atoms with van der Waals surface area (Å²) in [5, 5.41) is 7.12. The zero-order chi connectivity index (χ0) is 23.2. The first-order chi connectivity index (χ1) is 15.2. The van der Waals surface area contributed by atoms with Gasteiger partial charge < -0.3 is 28.8 Å². The molecule has 0 saturated carbocycles. The number of anilines is 1. The van der Waals surface area contributed by atoms with Gasteiger partial charge in [-0.2, -0.15) is 13.2 Å². The molecule has 1 N–H and O–H groups in total. The molecule has 1 atom stereocenters. The Morgan fingerprint density at radius 3 is 2.47 bits per heavy atom. The van der Waals surface area contributed by atoms with Gasteiger partial charge in [0.1, 0.15) is 11.9 Å². The molecule has 2 aliphatic rings. The van der Waals surface area contributed by atoms with Crippen LogP contribution in [0.1, 0.15) is 10.4 Å². The fourth-order valence-corrected chi connectivity index (χ4v) is 3.30. The van der Waals surface area contributed by atoms with Crippen molar-refractivity contribution in [2.24, 2.45) is 0 Å². The molecule has 0 bridgehead atoms. The molecule has 174 valence electrons. The summed E-state index contributed by atoms with van der Waals surface area (Å²) in [4.78, 5) is 34.1. The van der Waals surface area contributed by atoms with Gasteiger partial charge in [0.15, 0.2) is 0 Å². The molecule has 0 radical (unpaired) electrons. The Kier molecular flexibility index (Phi) is 7.30. The highest BCUT2D eigenvalue weighted by Crippen LogP contribution is 2.25. The lowest BCUT2D eigenvalue weighted by Gasteiger charge is -2.43. The van der Waals surface area contributed by atoms with Crippen molar-refractivity contribution in [1.29, 1.82) is 0 Å². The molecule has 2 fully saturated rings. The van der Waals surface area contributed by atoms with E-state index in [9.17, 15) is 18.0 Å². The summed E-state index contributed by atoms with van der Waals surface area (Å²) in [7, 11) is 0. The van der Waals surface area contributed by atoms with E-state index in [4.69, 9.17) is 23.8 Å². The van der Waals surface area contributed by atoms with Crippen molar-refractivity contribution in [3.05, 3.63) is 42.6 Å². The van der Waals surface area contributed by atoms with Crippen LogP contribution >= 0.6 is 0 Å². The molecule has 32 heavy (non-hydrogen) atoms. The number of hydrogen-bond acceptors (Lipinski definition) is 8. The Bertz CT molecular complexity index is 896. The Balaban J connectivity index is 0.000000360. The Labute approximate surface area is 180 Å². The van der Waals surface area contributed by atoms with E-state index in [1.54, 1.807) is 29.4 Å². The van der Waals surface area contributed by atoms with Crippen molar-refractivity contribution >= 4 is 17.8 Å². The number of ether oxygens (including phenoxy) is 2. The number of carboxylic acids is 1. The predicted octanol–water partition coefficient (Wildman–Crippen LogP) is 1.45. The second-order valence-electron chi connectivity index (χ2n) is 7.10. The molecule has 1 unspecified atom stereocenters. The molecule has 0 aromatic carbocycles. The standard InChI is InChI=1S/C17H20N4O4.C2HF3O2/c22-15(14-2-7-23-10-14)20-6-9-25-17(11-20)12-21(5-8-24-13-17)16-18-3-1-4-19-16;3-2(4,5)1(6)7/h1-4,7,10H,5-6,8-9,11-13H2;(H,6,7). The van der Waals surface area contributed by atoms with E-state index in [1.807, 2.05) is 0 Å². The number of carbonyl (C=O) groups is 2. The van der Waals surface area contributed by atoms with Crippen LogP contribution in [0.15, 0.2) is 41.5 Å². The number of morpholine rings is 1. The lowest BCUT2D eigenvalue weighted by molar-refractivity contribution is -0.192. The van der Waals surface area contributed by atoms with Gasteiger partial charge in [0.2, 0.25) is 5.95 Å². The largest absolute Gasteiger partial charge is 0.490 e. The SMILES string of the molecule is O=C(O)C(F)(F)F.O=C(c1ccoc1)N1CCOC2(COCCN(c3ncccn3)C2)C1. The summed E-state index contributed by atoms with van der Waals surface area (Å²) in [5.41, 5.74) is -0.0392. The predicted molar refractivity (Wildman–Crippen MR) is 102 cm³/mol. The third-order valence-electron chi connectivity index (χ3n) is 4.73. The second-order valence-corrected chi connectivity index (χ2v) is 7.10. The van der Waals surface area contributed by atoms with Crippen molar-refractivity contribution in [1.82, 2.24) is 14.9 Å². The van der Waals surface area contributed by atoms with Crippen LogP contribution in [-0.2, 0) is 14.3 Å². The maximum atomic E-state index is 12.7. The first-order valence-electron chi connectivity index (χ1n) is 9.55. The number of nitrogens with zero attached hydrogens (tertiary/aromatic N) is 4. The molecule has 13 heteroatoms. The van der Waals surface area contributed by atoms with Crippen LogP contribution in [0.5, 0.6) is 0 Å². The van der Waals surface area contributed by atoms with E-state index in [2.05, 4.69) is 14.9 Å². The average Bonchev–Trinajstić information content (AvgIpc) is 3.23.